The number of hydrogen-bond donors (Lipinski definition) is 2. The Kier molecular flexibility index (Phi) is 2.92. The van der Waals surface area contributed by atoms with Crippen molar-refractivity contribution in [2.45, 2.75) is 24.7 Å². The molecule has 5 heteroatoms. The van der Waals surface area contributed by atoms with Crippen molar-refractivity contribution in [2.24, 2.45) is 5.92 Å². The van der Waals surface area contributed by atoms with Crippen LogP contribution >= 0.6 is 0 Å². The Morgan fingerprint density at radius 2 is 1.90 bits per heavy atom. The number of carboxylic acid groups (broad SMARTS) is 1. The number of amides is 1. The molecule has 1 heterocycles. The summed E-state index contributed by atoms with van der Waals surface area (Å²) in [6, 6.07) is 7.44. The Morgan fingerprint density at radius 1 is 1.25 bits per heavy atom. The van der Waals surface area contributed by atoms with Crippen molar-refractivity contribution in [3.63, 3.8) is 0 Å². The number of nitrogens with zero attached hydrogens (tertiary/aromatic N) is 1. The molecule has 2 aliphatic rings. The molecule has 106 valence electrons. The molecule has 1 atom stereocenters. The zero-order valence-electron chi connectivity index (χ0n) is 11.2. The maximum Gasteiger partial charge on any atom is 0.308 e. The van der Waals surface area contributed by atoms with Crippen LogP contribution in [0.4, 0.5) is 5.69 Å². The third-order valence-corrected chi connectivity index (χ3v) is 4.45. The molecule has 1 aliphatic carbocycles. The number of benzene rings is 1. The van der Waals surface area contributed by atoms with E-state index in [0.29, 0.717) is 25.2 Å². The molecule has 1 aromatic carbocycles. The molecule has 1 unspecified atom stereocenters. The zero-order chi connectivity index (χ0) is 14.3. The fourth-order valence-electron chi connectivity index (χ4n) is 3.00. The summed E-state index contributed by atoms with van der Waals surface area (Å²) in [4.78, 5) is 25.4. The Balaban J connectivity index is 1.77. The topological polar surface area (TPSA) is 83.6 Å². The van der Waals surface area contributed by atoms with Gasteiger partial charge in [0, 0.05) is 18.8 Å². The Hall–Kier alpha value is -2.04. The van der Waals surface area contributed by atoms with Crippen LogP contribution < -0.4 is 5.73 Å². The van der Waals surface area contributed by atoms with Crippen molar-refractivity contribution in [1.82, 2.24) is 4.90 Å². The van der Waals surface area contributed by atoms with Crippen LogP contribution in [0.1, 0.15) is 24.8 Å². The van der Waals surface area contributed by atoms with Gasteiger partial charge < -0.3 is 15.7 Å². The summed E-state index contributed by atoms with van der Waals surface area (Å²) in [6.07, 6.45) is 2.23. The number of nitrogen functional groups attached to an aromatic ring is 1. The van der Waals surface area contributed by atoms with Crippen LogP contribution in [0.3, 0.4) is 0 Å². The Bertz CT molecular complexity index is 549. The van der Waals surface area contributed by atoms with Gasteiger partial charge in [0.25, 0.3) is 0 Å². The van der Waals surface area contributed by atoms with E-state index in [1.54, 1.807) is 4.90 Å². The van der Waals surface area contributed by atoms with Crippen LogP contribution in [0, 0.1) is 5.92 Å². The van der Waals surface area contributed by atoms with Gasteiger partial charge >= 0.3 is 5.97 Å². The van der Waals surface area contributed by atoms with Crippen LogP contribution in [-0.4, -0.2) is 35.0 Å². The van der Waals surface area contributed by atoms with Crippen LogP contribution in [0.25, 0.3) is 0 Å². The number of carbonyl (C=O) groups is 2. The van der Waals surface area contributed by atoms with Gasteiger partial charge in [-0.25, -0.2) is 0 Å². The molecule has 2 fully saturated rings. The minimum absolute atomic E-state index is 0.0750. The molecule has 3 N–H and O–H groups in total. The van der Waals surface area contributed by atoms with Crippen molar-refractivity contribution < 1.29 is 14.7 Å². The third kappa shape index (κ3) is 2.03. The monoisotopic (exact) mass is 274 g/mol. The number of carbonyl (C=O) groups excluding carboxylic acids is 1. The summed E-state index contributed by atoms with van der Waals surface area (Å²) < 4.78 is 0. The molecule has 0 bridgehead atoms. The second-order valence-corrected chi connectivity index (χ2v) is 5.78. The molecular weight excluding hydrogens is 256 g/mol. The predicted molar refractivity (Wildman–Crippen MR) is 74.1 cm³/mol. The third-order valence-electron chi connectivity index (χ3n) is 4.45. The van der Waals surface area contributed by atoms with Gasteiger partial charge in [0.2, 0.25) is 5.91 Å². The van der Waals surface area contributed by atoms with Crippen LogP contribution in [0.5, 0.6) is 0 Å². The highest BCUT2D eigenvalue weighted by molar-refractivity contribution is 5.92. The number of carboxylic acids is 1. The first-order valence-electron chi connectivity index (χ1n) is 6.91. The van der Waals surface area contributed by atoms with Gasteiger partial charge in [0.15, 0.2) is 0 Å². The highest BCUT2D eigenvalue weighted by atomic mass is 16.4. The van der Waals surface area contributed by atoms with Gasteiger partial charge in [0.05, 0.1) is 11.3 Å². The van der Waals surface area contributed by atoms with Crippen LogP contribution in [0.2, 0.25) is 0 Å². The largest absolute Gasteiger partial charge is 0.481 e. The first-order chi connectivity index (χ1) is 9.53. The Morgan fingerprint density at radius 3 is 2.40 bits per heavy atom. The molecule has 5 nitrogen and oxygen atoms in total. The maximum absolute atomic E-state index is 12.7. The van der Waals surface area contributed by atoms with E-state index in [2.05, 4.69) is 0 Å². The number of hydrogen-bond acceptors (Lipinski definition) is 3. The van der Waals surface area contributed by atoms with E-state index in [0.717, 1.165) is 18.4 Å². The Labute approximate surface area is 117 Å². The molecule has 0 aromatic heterocycles. The van der Waals surface area contributed by atoms with Gasteiger partial charge in [-0.3, -0.25) is 9.59 Å². The second kappa shape index (κ2) is 4.51. The molecule has 1 aromatic rings. The van der Waals surface area contributed by atoms with E-state index >= 15 is 0 Å². The summed E-state index contributed by atoms with van der Waals surface area (Å²) in [5.41, 5.74) is 6.93. The molecule has 1 saturated heterocycles. The van der Waals surface area contributed by atoms with Gasteiger partial charge in [0.1, 0.15) is 0 Å². The summed E-state index contributed by atoms with van der Waals surface area (Å²) >= 11 is 0. The number of likely N-dealkylation sites (tertiary alicyclic amines) is 1. The number of nitrogens with two attached hydrogens (primary N) is 1. The molecule has 0 radical (unpaired) electrons. The van der Waals surface area contributed by atoms with E-state index in [-0.39, 0.29) is 5.91 Å². The number of aliphatic carboxylic acids is 1. The zero-order valence-corrected chi connectivity index (χ0v) is 11.2. The molecule has 1 amide bonds. The lowest BCUT2D eigenvalue weighted by molar-refractivity contribution is -0.141. The lowest BCUT2D eigenvalue weighted by Crippen LogP contribution is -2.38. The fourth-order valence-corrected chi connectivity index (χ4v) is 3.00. The SMILES string of the molecule is Nc1ccc(C2(C(=O)N3CCC(C(=O)O)C3)CC2)cc1. The van der Waals surface area contributed by atoms with Gasteiger partial charge in [-0.2, -0.15) is 0 Å². The highest BCUT2D eigenvalue weighted by Gasteiger charge is 2.53. The van der Waals surface area contributed by atoms with Gasteiger partial charge in [-0.15, -0.1) is 0 Å². The average molecular weight is 274 g/mol. The van der Waals surface area contributed by atoms with Crippen molar-refractivity contribution >= 4 is 17.6 Å². The number of anilines is 1. The first-order valence-corrected chi connectivity index (χ1v) is 6.91. The minimum Gasteiger partial charge on any atom is -0.481 e. The lowest BCUT2D eigenvalue weighted by Gasteiger charge is -2.23. The van der Waals surface area contributed by atoms with Crippen molar-refractivity contribution in [3.8, 4) is 0 Å². The van der Waals surface area contributed by atoms with E-state index < -0.39 is 17.3 Å². The van der Waals surface area contributed by atoms with E-state index in [1.165, 1.54) is 0 Å². The standard InChI is InChI=1S/C15H18N2O3/c16-12-3-1-11(2-4-12)15(6-7-15)14(20)17-8-5-10(9-17)13(18)19/h1-4,10H,5-9,16H2,(H,18,19). The van der Waals surface area contributed by atoms with Crippen LogP contribution in [0.15, 0.2) is 24.3 Å². The predicted octanol–water partition coefficient (Wildman–Crippen LogP) is 1.23. The molecule has 1 aliphatic heterocycles. The molecule has 3 rings (SSSR count). The molecule has 1 saturated carbocycles. The lowest BCUT2D eigenvalue weighted by atomic mass is 9.94. The van der Waals surface area contributed by atoms with E-state index in [9.17, 15) is 9.59 Å². The minimum atomic E-state index is -0.808. The number of rotatable bonds is 3. The summed E-state index contributed by atoms with van der Waals surface area (Å²) in [5.74, 6) is -1.15. The molecule has 20 heavy (non-hydrogen) atoms. The van der Waals surface area contributed by atoms with Crippen molar-refractivity contribution in [2.75, 3.05) is 18.8 Å². The van der Waals surface area contributed by atoms with Gasteiger partial charge in [-0.05, 0) is 37.0 Å². The first kappa shape index (κ1) is 13.0. The van der Waals surface area contributed by atoms with Crippen molar-refractivity contribution in [1.29, 1.82) is 0 Å². The van der Waals surface area contributed by atoms with E-state index in [4.69, 9.17) is 10.8 Å². The highest BCUT2D eigenvalue weighted by Crippen LogP contribution is 2.50. The molecule has 0 spiro atoms. The van der Waals surface area contributed by atoms with E-state index in [1.807, 2.05) is 24.3 Å². The summed E-state index contributed by atoms with van der Waals surface area (Å²) in [6.45, 7) is 0.886. The molecular formula is C15H18N2O3. The maximum atomic E-state index is 12.7. The van der Waals surface area contributed by atoms with Gasteiger partial charge in [-0.1, -0.05) is 12.1 Å². The fraction of sp³-hybridized carbons (Fsp3) is 0.467. The average Bonchev–Trinajstić information content (AvgIpc) is 3.08. The summed E-state index contributed by atoms with van der Waals surface area (Å²) in [7, 11) is 0. The quantitative estimate of drug-likeness (QED) is 0.812. The van der Waals surface area contributed by atoms with Crippen LogP contribution in [-0.2, 0) is 15.0 Å². The van der Waals surface area contributed by atoms with Crippen molar-refractivity contribution in [3.05, 3.63) is 29.8 Å². The summed E-state index contributed by atoms with van der Waals surface area (Å²) in [5, 5.41) is 9.03. The smallest absolute Gasteiger partial charge is 0.308 e. The normalized spacial score (nSPS) is 23.6. The second-order valence-electron chi connectivity index (χ2n) is 5.78.